The summed E-state index contributed by atoms with van der Waals surface area (Å²) in [7, 11) is 1.73. The van der Waals surface area contributed by atoms with Gasteiger partial charge in [0.2, 0.25) is 0 Å². The maximum Gasteiger partial charge on any atom is 0.119 e. The number of nitrogens with zero attached hydrogens (tertiary/aromatic N) is 1. The van der Waals surface area contributed by atoms with E-state index in [1.54, 1.807) is 7.11 Å². The standard InChI is InChI=1S/C18H29NO2/c1-3-10-19(11-4-5-12-20)17-8-6-16-14-18(21-2)9-7-15(16)13-17/h7,9,14,17,20H,3-6,8,10-13H2,1-2H3/t17-/m0/s1. The quantitative estimate of drug-likeness (QED) is 0.747. The van der Waals surface area contributed by atoms with Crippen LogP contribution in [-0.2, 0) is 12.8 Å². The van der Waals surface area contributed by atoms with Crippen molar-refractivity contribution in [3.63, 3.8) is 0 Å². The number of hydrogen-bond donors (Lipinski definition) is 1. The van der Waals surface area contributed by atoms with Crippen molar-refractivity contribution in [1.82, 2.24) is 4.90 Å². The lowest BCUT2D eigenvalue weighted by molar-refractivity contribution is 0.170. The van der Waals surface area contributed by atoms with E-state index in [2.05, 4.69) is 30.0 Å². The fraction of sp³-hybridized carbons (Fsp3) is 0.667. The Bertz CT molecular complexity index is 433. The summed E-state index contributed by atoms with van der Waals surface area (Å²) in [5.74, 6) is 0.973. The first kappa shape index (κ1) is 16.3. The maximum absolute atomic E-state index is 8.97. The van der Waals surface area contributed by atoms with Gasteiger partial charge in [0.25, 0.3) is 0 Å². The lowest BCUT2D eigenvalue weighted by atomic mass is 9.87. The first-order chi connectivity index (χ1) is 10.3. The highest BCUT2D eigenvalue weighted by molar-refractivity contribution is 5.37. The van der Waals surface area contributed by atoms with Gasteiger partial charge >= 0.3 is 0 Å². The van der Waals surface area contributed by atoms with Gasteiger partial charge in [-0.15, -0.1) is 0 Å². The number of rotatable bonds is 8. The van der Waals surface area contributed by atoms with Gasteiger partial charge in [-0.1, -0.05) is 13.0 Å². The second-order valence-electron chi connectivity index (χ2n) is 6.00. The van der Waals surface area contributed by atoms with Crippen molar-refractivity contribution in [2.45, 2.75) is 51.5 Å². The highest BCUT2D eigenvalue weighted by atomic mass is 16.5. The summed E-state index contributed by atoms with van der Waals surface area (Å²) in [5.41, 5.74) is 2.94. The highest BCUT2D eigenvalue weighted by Crippen LogP contribution is 2.28. The molecule has 0 spiro atoms. The topological polar surface area (TPSA) is 32.7 Å². The van der Waals surface area contributed by atoms with Gasteiger partial charge in [0, 0.05) is 12.6 Å². The monoisotopic (exact) mass is 291 g/mol. The van der Waals surface area contributed by atoms with Crippen molar-refractivity contribution in [2.75, 3.05) is 26.8 Å². The molecule has 1 aliphatic rings. The second-order valence-corrected chi connectivity index (χ2v) is 6.00. The predicted octanol–water partition coefficient (Wildman–Crippen LogP) is 3.04. The van der Waals surface area contributed by atoms with E-state index < -0.39 is 0 Å². The van der Waals surface area contributed by atoms with Crippen molar-refractivity contribution in [3.05, 3.63) is 29.3 Å². The third-order valence-corrected chi connectivity index (χ3v) is 4.50. The van der Waals surface area contributed by atoms with Crippen molar-refractivity contribution >= 4 is 0 Å². The molecule has 1 aromatic carbocycles. The SMILES string of the molecule is CCCN(CCCCO)[C@H]1CCc2cc(OC)ccc2C1. The summed E-state index contributed by atoms with van der Waals surface area (Å²) in [6, 6.07) is 7.17. The van der Waals surface area contributed by atoms with E-state index in [1.165, 1.54) is 30.5 Å². The number of ether oxygens (including phenoxy) is 1. The van der Waals surface area contributed by atoms with Gasteiger partial charge in [-0.2, -0.15) is 0 Å². The van der Waals surface area contributed by atoms with E-state index >= 15 is 0 Å². The molecule has 0 radical (unpaired) electrons. The van der Waals surface area contributed by atoms with Gasteiger partial charge in [0.05, 0.1) is 7.11 Å². The zero-order valence-electron chi connectivity index (χ0n) is 13.5. The Morgan fingerprint density at radius 2 is 2.10 bits per heavy atom. The number of fused-ring (bicyclic) bond motifs is 1. The molecule has 0 saturated carbocycles. The predicted molar refractivity (Wildman–Crippen MR) is 87.0 cm³/mol. The zero-order valence-corrected chi connectivity index (χ0v) is 13.5. The van der Waals surface area contributed by atoms with Gasteiger partial charge in [-0.25, -0.2) is 0 Å². The number of methoxy groups -OCH3 is 1. The van der Waals surface area contributed by atoms with Crippen LogP contribution < -0.4 is 4.74 Å². The summed E-state index contributed by atoms with van der Waals surface area (Å²) in [6.45, 7) is 4.85. The Kier molecular flexibility index (Phi) is 6.52. The largest absolute Gasteiger partial charge is 0.497 e. The van der Waals surface area contributed by atoms with Crippen molar-refractivity contribution in [1.29, 1.82) is 0 Å². The molecule has 0 fully saturated rings. The van der Waals surface area contributed by atoms with Crippen LogP contribution in [0.15, 0.2) is 18.2 Å². The fourth-order valence-corrected chi connectivity index (χ4v) is 3.34. The van der Waals surface area contributed by atoms with E-state index in [0.29, 0.717) is 12.6 Å². The van der Waals surface area contributed by atoms with Gasteiger partial charge in [0.1, 0.15) is 5.75 Å². The molecule has 2 rings (SSSR count). The van der Waals surface area contributed by atoms with Gasteiger partial charge < -0.3 is 14.7 Å². The number of aryl methyl sites for hydroxylation is 1. The lowest BCUT2D eigenvalue weighted by Gasteiger charge is -2.35. The molecule has 1 N–H and O–H groups in total. The van der Waals surface area contributed by atoms with E-state index in [4.69, 9.17) is 9.84 Å². The number of aliphatic hydroxyl groups is 1. The molecule has 3 nitrogen and oxygen atoms in total. The lowest BCUT2D eigenvalue weighted by Crippen LogP contribution is -2.40. The Morgan fingerprint density at radius 3 is 2.81 bits per heavy atom. The molecule has 0 saturated heterocycles. The molecular weight excluding hydrogens is 262 g/mol. The number of aliphatic hydroxyl groups excluding tert-OH is 1. The van der Waals surface area contributed by atoms with E-state index in [0.717, 1.165) is 38.0 Å². The van der Waals surface area contributed by atoms with Crippen molar-refractivity contribution < 1.29 is 9.84 Å². The van der Waals surface area contributed by atoms with E-state index in [9.17, 15) is 0 Å². The van der Waals surface area contributed by atoms with Gasteiger partial charge in [-0.3, -0.25) is 0 Å². The van der Waals surface area contributed by atoms with Crippen LogP contribution in [0.2, 0.25) is 0 Å². The number of benzene rings is 1. The fourth-order valence-electron chi connectivity index (χ4n) is 3.34. The van der Waals surface area contributed by atoms with E-state index in [1.807, 2.05) is 0 Å². The Hall–Kier alpha value is -1.06. The smallest absolute Gasteiger partial charge is 0.119 e. The Balaban J connectivity index is 2.00. The molecule has 0 amide bonds. The van der Waals surface area contributed by atoms with E-state index in [-0.39, 0.29) is 0 Å². The average Bonchev–Trinajstić information content (AvgIpc) is 2.53. The molecule has 3 heteroatoms. The van der Waals surface area contributed by atoms with Gasteiger partial charge in [0.15, 0.2) is 0 Å². The summed E-state index contributed by atoms with van der Waals surface area (Å²) < 4.78 is 5.32. The summed E-state index contributed by atoms with van der Waals surface area (Å²) in [6.07, 6.45) is 6.75. The molecule has 0 aliphatic heterocycles. The van der Waals surface area contributed by atoms with Crippen LogP contribution in [0.5, 0.6) is 5.75 Å². The molecule has 0 unspecified atom stereocenters. The molecule has 0 bridgehead atoms. The van der Waals surface area contributed by atoms with Gasteiger partial charge in [-0.05, 0) is 74.9 Å². The summed E-state index contributed by atoms with van der Waals surface area (Å²) in [4.78, 5) is 2.63. The van der Waals surface area contributed by atoms with Crippen LogP contribution in [0.3, 0.4) is 0 Å². The summed E-state index contributed by atoms with van der Waals surface area (Å²) in [5, 5.41) is 8.97. The molecule has 1 aliphatic carbocycles. The third-order valence-electron chi connectivity index (χ3n) is 4.50. The van der Waals surface area contributed by atoms with Crippen LogP contribution in [0.25, 0.3) is 0 Å². The number of hydrogen-bond acceptors (Lipinski definition) is 3. The summed E-state index contributed by atoms with van der Waals surface area (Å²) >= 11 is 0. The van der Waals surface area contributed by atoms with Crippen molar-refractivity contribution in [3.8, 4) is 5.75 Å². The molecule has 0 heterocycles. The van der Waals surface area contributed by atoms with Crippen LogP contribution in [0.1, 0.15) is 43.7 Å². The minimum Gasteiger partial charge on any atom is -0.497 e. The Labute approximate surface area is 128 Å². The van der Waals surface area contributed by atoms with Crippen LogP contribution >= 0.6 is 0 Å². The molecule has 0 aromatic heterocycles. The molecule has 21 heavy (non-hydrogen) atoms. The van der Waals surface area contributed by atoms with Crippen LogP contribution in [-0.4, -0.2) is 42.9 Å². The molecule has 1 aromatic rings. The van der Waals surface area contributed by atoms with Crippen LogP contribution in [0, 0.1) is 0 Å². The van der Waals surface area contributed by atoms with Crippen LogP contribution in [0.4, 0.5) is 0 Å². The molecular formula is C18H29NO2. The molecule has 1 atom stereocenters. The average molecular weight is 291 g/mol. The molecule has 118 valence electrons. The normalized spacial score (nSPS) is 17.8. The third kappa shape index (κ3) is 4.45. The van der Waals surface area contributed by atoms with Crippen molar-refractivity contribution in [2.24, 2.45) is 0 Å². The first-order valence-corrected chi connectivity index (χ1v) is 8.29. The minimum atomic E-state index is 0.313. The second kappa shape index (κ2) is 8.40. The maximum atomic E-state index is 8.97. The minimum absolute atomic E-state index is 0.313. The Morgan fingerprint density at radius 1 is 1.24 bits per heavy atom. The first-order valence-electron chi connectivity index (χ1n) is 8.29. The highest BCUT2D eigenvalue weighted by Gasteiger charge is 2.23. The number of unbranched alkanes of at least 4 members (excludes halogenated alkanes) is 1. The zero-order chi connectivity index (χ0) is 15.1.